The lowest BCUT2D eigenvalue weighted by atomic mass is 10.1. The first-order valence-corrected chi connectivity index (χ1v) is 10.7. The molecule has 2 heterocycles. The first kappa shape index (κ1) is 22.3. The Balaban J connectivity index is 2.15. The Hall–Kier alpha value is -1.00. The number of carbonyl (C=O) groups excluding carboxylic acids is 2. The van der Waals surface area contributed by atoms with Crippen LogP contribution in [0.3, 0.4) is 0 Å². The molecule has 152 valence electrons. The van der Waals surface area contributed by atoms with Crippen LogP contribution in [0.5, 0.6) is 0 Å². The molecule has 7 nitrogen and oxygen atoms in total. The first-order chi connectivity index (χ1) is 12.8. The summed E-state index contributed by atoms with van der Waals surface area (Å²) < 4.78 is 28.6. The van der Waals surface area contributed by atoms with E-state index in [-0.39, 0.29) is 0 Å². The molecule has 0 N–H and O–H groups in total. The molecule has 0 aromatic heterocycles. The normalized spacial score (nSPS) is 29.6. The van der Waals surface area contributed by atoms with Gasteiger partial charge in [0.15, 0.2) is 24.3 Å². The third kappa shape index (κ3) is 6.25. The quantitative estimate of drug-likeness (QED) is 0.319. The number of ether oxygens (including phenoxy) is 5. The Bertz CT molecular complexity index is 566. The van der Waals surface area contributed by atoms with Gasteiger partial charge in [0.25, 0.3) is 0 Å². The maximum atomic E-state index is 12.1. The molecular weight excluding hydrogens is 392 g/mol. The fourth-order valence-corrected chi connectivity index (χ4v) is 4.12. The summed E-state index contributed by atoms with van der Waals surface area (Å²) in [6.45, 7) is 12.1. The van der Waals surface area contributed by atoms with Gasteiger partial charge in [-0.2, -0.15) is 11.8 Å². The summed E-state index contributed by atoms with van der Waals surface area (Å²) in [7, 11) is 0. The number of esters is 1. The SMILES string of the molecule is C=CCSC[C@H](OC(=O)SCC=C)[C@H]1O[C@@H]2OC(C)(C)O[C@@H]2[C@H]1OC(C)=O. The highest BCUT2D eigenvalue weighted by atomic mass is 32.2. The van der Waals surface area contributed by atoms with E-state index in [1.54, 1.807) is 26.0 Å². The maximum absolute atomic E-state index is 12.1. The Kier molecular flexibility index (Phi) is 8.23. The Morgan fingerprint density at radius 1 is 1.22 bits per heavy atom. The van der Waals surface area contributed by atoms with Gasteiger partial charge in [-0.1, -0.05) is 12.2 Å². The van der Waals surface area contributed by atoms with Crippen LogP contribution in [0.4, 0.5) is 4.79 Å². The van der Waals surface area contributed by atoms with Crippen LogP contribution in [-0.4, -0.2) is 65.0 Å². The number of carbonyl (C=O) groups is 2. The van der Waals surface area contributed by atoms with Crippen molar-refractivity contribution in [3.05, 3.63) is 25.3 Å². The van der Waals surface area contributed by atoms with Crippen molar-refractivity contribution in [2.24, 2.45) is 0 Å². The highest BCUT2D eigenvalue weighted by Gasteiger charge is 2.58. The van der Waals surface area contributed by atoms with E-state index in [1.165, 1.54) is 18.7 Å². The average Bonchev–Trinajstić information content (AvgIpc) is 3.04. The molecule has 0 aromatic rings. The lowest BCUT2D eigenvalue weighted by Crippen LogP contribution is -2.46. The van der Waals surface area contributed by atoms with Crippen molar-refractivity contribution in [2.45, 2.75) is 57.3 Å². The van der Waals surface area contributed by atoms with E-state index < -0.39 is 47.8 Å². The van der Waals surface area contributed by atoms with Gasteiger partial charge in [0.2, 0.25) is 0 Å². The van der Waals surface area contributed by atoms with E-state index in [9.17, 15) is 9.59 Å². The third-order valence-electron chi connectivity index (χ3n) is 3.78. The monoisotopic (exact) mass is 418 g/mol. The standard InChI is InChI=1S/C18H26O7S2/c1-6-8-26-10-12(22-17(20)27-9-7-2)13-14(21-11(3)19)15-16(23-13)25-18(4,5)24-15/h6-7,12-16H,1-2,8-10H2,3-5H3/t12-,13+,14-,15+,16+/m0/s1. The molecule has 0 amide bonds. The minimum Gasteiger partial charge on any atom is -0.457 e. The zero-order chi connectivity index (χ0) is 20.0. The van der Waals surface area contributed by atoms with Crippen LogP contribution in [0.25, 0.3) is 0 Å². The van der Waals surface area contributed by atoms with Crippen LogP contribution in [0, 0.1) is 0 Å². The van der Waals surface area contributed by atoms with E-state index in [0.717, 1.165) is 11.8 Å². The van der Waals surface area contributed by atoms with Crippen molar-refractivity contribution in [1.82, 2.24) is 0 Å². The zero-order valence-corrected chi connectivity index (χ0v) is 17.4. The van der Waals surface area contributed by atoms with Crippen molar-refractivity contribution < 1.29 is 33.3 Å². The second kappa shape index (κ2) is 9.97. The Morgan fingerprint density at radius 2 is 1.93 bits per heavy atom. The highest BCUT2D eigenvalue weighted by molar-refractivity contribution is 8.13. The summed E-state index contributed by atoms with van der Waals surface area (Å²) >= 11 is 2.54. The molecular formula is C18H26O7S2. The van der Waals surface area contributed by atoms with Gasteiger partial charge in [-0.05, 0) is 25.6 Å². The lowest BCUT2D eigenvalue weighted by Gasteiger charge is -2.30. The minimum absolute atomic E-state index is 0.440. The fourth-order valence-electron chi connectivity index (χ4n) is 2.88. The predicted octanol–water partition coefficient (Wildman–Crippen LogP) is 3.14. The topological polar surface area (TPSA) is 80.3 Å². The minimum atomic E-state index is -0.845. The van der Waals surface area contributed by atoms with Crippen LogP contribution in [0.1, 0.15) is 20.8 Å². The van der Waals surface area contributed by atoms with Crippen molar-refractivity contribution in [3.8, 4) is 0 Å². The molecule has 0 spiro atoms. The molecule has 9 heteroatoms. The molecule has 27 heavy (non-hydrogen) atoms. The molecule has 0 unspecified atom stereocenters. The van der Waals surface area contributed by atoms with Crippen LogP contribution in [-0.2, 0) is 28.5 Å². The average molecular weight is 419 g/mol. The fraction of sp³-hybridized carbons (Fsp3) is 0.667. The Labute approximate surface area is 168 Å². The van der Waals surface area contributed by atoms with Gasteiger partial charge in [-0.25, -0.2) is 4.79 Å². The number of thioether (sulfide) groups is 2. The van der Waals surface area contributed by atoms with Crippen LogP contribution in [0.2, 0.25) is 0 Å². The molecule has 2 fully saturated rings. The van der Waals surface area contributed by atoms with Crippen LogP contribution < -0.4 is 0 Å². The smallest absolute Gasteiger partial charge is 0.368 e. The lowest BCUT2D eigenvalue weighted by molar-refractivity contribution is -0.227. The maximum Gasteiger partial charge on any atom is 0.368 e. The third-order valence-corrected chi connectivity index (χ3v) is 5.55. The van der Waals surface area contributed by atoms with Gasteiger partial charge in [0, 0.05) is 24.2 Å². The predicted molar refractivity (Wildman–Crippen MR) is 105 cm³/mol. The second-order valence-corrected chi connectivity index (χ2v) is 8.51. The van der Waals surface area contributed by atoms with Crippen molar-refractivity contribution >= 4 is 34.8 Å². The summed E-state index contributed by atoms with van der Waals surface area (Å²) in [6.07, 6.45) is 0.0472. The van der Waals surface area contributed by atoms with Gasteiger partial charge in [-0.15, -0.1) is 13.2 Å². The first-order valence-electron chi connectivity index (χ1n) is 8.58. The van der Waals surface area contributed by atoms with Crippen molar-refractivity contribution in [1.29, 1.82) is 0 Å². The summed E-state index contributed by atoms with van der Waals surface area (Å²) in [5.74, 6) is 0.272. The van der Waals surface area contributed by atoms with Crippen LogP contribution >= 0.6 is 23.5 Å². The molecule has 0 aromatic carbocycles. The molecule has 0 radical (unpaired) electrons. The van der Waals surface area contributed by atoms with Crippen molar-refractivity contribution in [3.63, 3.8) is 0 Å². The molecule has 0 saturated carbocycles. The van der Waals surface area contributed by atoms with Gasteiger partial charge < -0.3 is 23.7 Å². The number of rotatable bonds is 9. The number of hydrogen-bond donors (Lipinski definition) is 0. The number of hydrogen-bond acceptors (Lipinski definition) is 9. The molecule has 2 saturated heterocycles. The van der Waals surface area contributed by atoms with E-state index in [1.807, 2.05) is 0 Å². The molecule has 0 aliphatic carbocycles. The summed E-state index contributed by atoms with van der Waals surface area (Å²) in [6, 6.07) is 0. The second-order valence-electron chi connectivity index (χ2n) is 6.48. The summed E-state index contributed by atoms with van der Waals surface area (Å²) in [5.41, 5.74) is 0. The van der Waals surface area contributed by atoms with E-state index >= 15 is 0 Å². The molecule has 2 rings (SSSR count). The molecule has 2 aliphatic rings. The summed E-state index contributed by atoms with van der Waals surface area (Å²) in [4.78, 5) is 23.7. The molecule has 2 aliphatic heterocycles. The zero-order valence-electron chi connectivity index (χ0n) is 15.8. The van der Waals surface area contributed by atoms with Gasteiger partial charge in [-0.3, -0.25) is 4.79 Å². The van der Waals surface area contributed by atoms with Gasteiger partial charge in [0.05, 0.1) is 0 Å². The van der Waals surface area contributed by atoms with Crippen LogP contribution in [0.15, 0.2) is 25.3 Å². The number of fused-ring (bicyclic) bond motifs is 1. The van der Waals surface area contributed by atoms with E-state index in [4.69, 9.17) is 23.7 Å². The molecule has 5 atom stereocenters. The summed E-state index contributed by atoms with van der Waals surface area (Å²) in [5, 5.41) is -0.441. The van der Waals surface area contributed by atoms with Gasteiger partial charge in [0.1, 0.15) is 12.2 Å². The highest BCUT2D eigenvalue weighted by Crippen LogP contribution is 2.40. The van der Waals surface area contributed by atoms with E-state index in [2.05, 4.69) is 13.2 Å². The van der Waals surface area contributed by atoms with Gasteiger partial charge >= 0.3 is 11.3 Å². The largest absolute Gasteiger partial charge is 0.457 e. The molecule has 0 bridgehead atoms. The van der Waals surface area contributed by atoms with E-state index in [0.29, 0.717) is 17.3 Å². The van der Waals surface area contributed by atoms with Crippen molar-refractivity contribution in [2.75, 3.05) is 17.3 Å². The Morgan fingerprint density at radius 3 is 2.56 bits per heavy atom.